The number of esters is 1. The predicted molar refractivity (Wildman–Crippen MR) is 49.4 cm³/mol. The number of carbonyl (C=O) groups excluding carboxylic acids is 1. The molecule has 0 aromatic heterocycles. The maximum Gasteiger partial charge on any atom is 0.330 e. The van der Waals surface area contributed by atoms with Crippen LogP contribution in [0.4, 0.5) is 0 Å². The molecule has 0 saturated heterocycles. The Bertz CT molecular complexity index is 312. The molecule has 0 aliphatic heterocycles. The Morgan fingerprint density at radius 3 is 2.71 bits per heavy atom. The Morgan fingerprint density at radius 2 is 2.29 bits per heavy atom. The second-order valence-electron chi connectivity index (χ2n) is 3.08. The SMILES string of the molecule is CC(=CCC(=O)OC1=CCC1)C(=O)O. The maximum absolute atomic E-state index is 11.1. The lowest BCUT2D eigenvalue weighted by atomic mass is 10.1. The Morgan fingerprint density at radius 1 is 1.64 bits per heavy atom. The van der Waals surface area contributed by atoms with Gasteiger partial charge in [0.1, 0.15) is 5.76 Å². The van der Waals surface area contributed by atoms with Crippen LogP contribution in [-0.4, -0.2) is 17.0 Å². The zero-order valence-corrected chi connectivity index (χ0v) is 7.95. The molecule has 1 aliphatic carbocycles. The summed E-state index contributed by atoms with van der Waals surface area (Å²) in [6, 6.07) is 0. The van der Waals surface area contributed by atoms with Crippen LogP contribution in [0, 0.1) is 0 Å². The van der Waals surface area contributed by atoms with E-state index in [1.54, 1.807) is 0 Å². The summed E-state index contributed by atoms with van der Waals surface area (Å²) in [6.45, 7) is 1.44. The number of hydrogen-bond donors (Lipinski definition) is 1. The molecule has 1 aliphatic rings. The highest BCUT2D eigenvalue weighted by atomic mass is 16.5. The highest BCUT2D eigenvalue weighted by Gasteiger charge is 2.11. The van der Waals surface area contributed by atoms with Crippen LogP contribution >= 0.6 is 0 Å². The van der Waals surface area contributed by atoms with Gasteiger partial charge in [-0.1, -0.05) is 6.08 Å². The molecular formula is C10H12O4. The minimum atomic E-state index is -1.01. The van der Waals surface area contributed by atoms with E-state index in [0.29, 0.717) is 5.76 Å². The maximum atomic E-state index is 11.1. The molecule has 4 heteroatoms. The first-order valence-corrected chi connectivity index (χ1v) is 4.39. The number of hydrogen-bond acceptors (Lipinski definition) is 3. The van der Waals surface area contributed by atoms with E-state index in [1.807, 2.05) is 6.08 Å². The lowest BCUT2D eigenvalue weighted by Crippen LogP contribution is -2.07. The molecule has 0 radical (unpaired) electrons. The monoisotopic (exact) mass is 196 g/mol. The molecule has 0 heterocycles. The Kier molecular flexibility index (Phi) is 3.45. The lowest BCUT2D eigenvalue weighted by Gasteiger charge is -2.13. The van der Waals surface area contributed by atoms with Crippen LogP contribution in [0.3, 0.4) is 0 Å². The Hall–Kier alpha value is -1.58. The van der Waals surface area contributed by atoms with Crippen molar-refractivity contribution in [3.8, 4) is 0 Å². The van der Waals surface area contributed by atoms with Crippen LogP contribution in [-0.2, 0) is 14.3 Å². The summed E-state index contributed by atoms with van der Waals surface area (Å²) in [5.41, 5.74) is 0.157. The van der Waals surface area contributed by atoms with Gasteiger partial charge in [0.25, 0.3) is 0 Å². The topological polar surface area (TPSA) is 63.6 Å². The van der Waals surface area contributed by atoms with Crippen molar-refractivity contribution in [2.45, 2.75) is 26.2 Å². The Balaban J connectivity index is 2.33. The van der Waals surface area contributed by atoms with Gasteiger partial charge in [-0.2, -0.15) is 0 Å². The molecule has 76 valence electrons. The first kappa shape index (κ1) is 10.5. The zero-order valence-electron chi connectivity index (χ0n) is 7.95. The van der Waals surface area contributed by atoms with Crippen molar-refractivity contribution < 1.29 is 19.4 Å². The summed E-state index contributed by atoms with van der Waals surface area (Å²) in [4.78, 5) is 21.4. The third kappa shape index (κ3) is 3.05. The summed E-state index contributed by atoms with van der Waals surface area (Å²) in [5, 5.41) is 8.50. The molecule has 0 spiro atoms. The molecular weight excluding hydrogens is 184 g/mol. The first-order valence-electron chi connectivity index (χ1n) is 4.39. The normalized spacial score (nSPS) is 15.5. The number of ether oxygens (including phenoxy) is 1. The van der Waals surface area contributed by atoms with Gasteiger partial charge in [-0.3, -0.25) is 4.79 Å². The van der Waals surface area contributed by atoms with Crippen molar-refractivity contribution in [3.63, 3.8) is 0 Å². The van der Waals surface area contributed by atoms with Gasteiger partial charge in [-0.15, -0.1) is 0 Å². The smallest absolute Gasteiger partial charge is 0.330 e. The zero-order chi connectivity index (χ0) is 10.6. The van der Waals surface area contributed by atoms with Crippen molar-refractivity contribution in [2.75, 3.05) is 0 Å². The first-order chi connectivity index (χ1) is 6.59. The van der Waals surface area contributed by atoms with Gasteiger partial charge in [-0.05, 0) is 19.4 Å². The molecule has 0 amide bonds. The predicted octanol–water partition coefficient (Wildman–Crippen LogP) is 1.63. The summed E-state index contributed by atoms with van der Waals surface area (Å²) in [7, 11) is 0. The van der Waals surface area contributed by atoms with Crippen molar-refractivity contribution in [1.29, 1.82) is 0 Å². The van der Waals surface area contributed by atoms with Crippen LogP contribution in [0.15, 0.2) is 23.5 Å². The van der Waals surface area contributed by atoms with Gasteiger partial charge in [0.05, 0.1) is 6.42 Å². The second-order valence-corrected chi connectivity index (χ2v) is 3.08. The van der Waals surface area contributed by atoms with Crippen LogP contribution in [0.25, 0.3) is 0 Å². The van der Waals surface area contributed by atoms with E-state index in [-0.39, 0.29) is 12.0 Å². The van der Waals surface area contributed by atoms with Crippen LogP contribution in [0.5, 0.6) is 0 Å². The molecule has 0 saturated carbocycles. The third-order valence-corrected chi connectivity index (χ3v) is 1.92. The van der Waals surface area contributed by atoms with Crippen LogP contribution < -0.4 is 0 Å². The molecule has 1 N–H and O–H groups in total. The van der Waals surface area contributed by atoms with E-state index >= 15 is 0 Å². The van der Waals surface area contributed by atoms with Gasteiger partial charge in [-0.25, -0.2) is 4.79 Å². The number of aliphatic carboxylic acids is 1. The lowest BCUT2D eigenvalue weighted by molar-refractivity contribution is -0.139. The van der Waals surface area contributed by atoms with E-state index in [4.69, 9.17) is 9.84 Å². The van der Waals surface area contributed by atoms with Gasteiger partial charge in [0.2, 0.25) is 0 Å². The number of carboxylic acids is 1. The van der Waals surface area contributed by atoms with Crippen LogP contribution in [0.2, 0.25) is 0 Å². The standard InChI is InChI=1S/C10H12O4/c1-7(10(12)13)5-6-9(11)14-8-3-2-4-8/h3,5H,2,4,6H2,1H3,(H,12,13). The molecule has 4 nitrogen and oxygen atoms in total. The summed E-state index contributed by atoms with van der Waals surface area (Å²) in [5.74, 6) is -0.728. The molecule has 1 rings (SSSR count). The second kappa shape index (κ2) is 4.60. The number of carboxylic acid groups (broad SMARTS) is 1. The average Bonchev–Trinajstić information content (AvgIpc) is 2.07. The van der Waals surface area contributed by atoms with Gasteiger partial charge < -0.3 is 9.84 Å². The van der Waals surface area contributed by atoms with Crippen molar-refractivity contribution in [2.24, 2.45) is 0 Å². The van der Waals surface area contributed by atoms with E-state index in [1.165, 1.54) is 13.0 Å². The number of allylic oxidation sites excluding steroid dienone is 2. The highest BCUT2D eigenvalue weighted by Crippen LogP contribution is 2.19. The molecule has 0 aromatic rings. The highest BCUT2D eigenvalue weighted by molar-refractivity contribution is 5.86. The molecule has 0 fully saturated rings. The molecule has 0 aromatic carbocycles. The van der Waals surface area contributed by atoms with E-state index in [2.05, 4.69) is 0 Å². The summed E-state index contributed by atoms with van der Waals surface area (Å²) >= 11 is 0. The van der Waals surface area contributed by atoms with Crippen molar-refractivity contribution in [1.82, 2.24) is 0 Å². The van der Waals surface area contributed by atoms with E-state index in [9.17, 15) is 9.59 Å². The summed E-state index contributed by atoms with van der Waals surface area (Å²) < 4.78 is 4.90. The quantitative estimate of drug-likeness (QED) is 0.548. The number of carbonyl (C=O) groups is 2. The summed E-state index contributed by atoms with van der Waals surface area (Å²) in [6.07, 6.45) is 4.95. The minimum absolute atomic E-state index is 0.00940. The largest absolute Gasteiger partial charge is 0.478 e. The van der Waals surface area contributed by atoms with Gasteiger partial charge in [0.15, 0.2) is 0 Å². The fourth-order valence-corrected chi connectivity index (χ4v) is 0.867. The molecule has 0 bridgehead atoms. The van der Waals surface area contributed by atoms with Gasteiger partial charge in [0, 0.05) is 12.0 Å². The van der Waals surface area contributed by atoms with E-state index < -0.39 is 11.9 Å². The third-order valence-electron chi connectivity index (χ3n) is 1.92. The van der Waals surface area contributed by atoms with Crippen molar-refractivity contribution in [3.05, 3.63) is 23.5 Å². The van der Waals surface area contributed by atoms with Crippen molar-refractivity contribution >= 4 is 11.9 Å². The van der Waals surface area contributed by atoms with Gasteiger partial charge >= 0.3 is 11.9 Å². The van der Waals surface area contributed by atoms with Crippen LogP contribution in [0.1, 0.15) is 26.2 Å². The fraction of sp³-hybridized carbons (Fsp3) is 0.400. The van der Waals surface area contributed by atoms with E-state index in [0.717, 1.165) is 12.8 Å². The number of rotatable bonds is 4. The fourth-order valence-electron chi connectivity index (χ4n) is 0.867. The average molecular weight is 196 g/mol. The molecule has 0 atom stereocenters. The molecule has 14 heavy (non-hydrogen) atoms. The Labute approximate surface area is 81.9 Å². The minimum Gasteiger partial charge on any atom is -0.478 e. The molecule has 0 unspecified atom stereocenters.